The molecule has 0 amide bonds. The number of hydrogen-bond donors (Lipinski definition) is 1. The van der Waals surface area contributed by atoms with Crippen LogP contribution in [-0.2, 0) is 5.41 Å². The van der Waals surface area contributed by atoms with Gasteiger partial charge < -0.3 is 5.11 Å². The molecule has 0 aromatic heterocycles. The van der Waals surface area contributed by atoms with E-state index in [1.165, 1.54) is 11.1 Å². The molecule has 0 atom stereocenters. The Labute approximate surface area is 224 Å². The van der Waals surface area contributed by atoms with E-state index >= 15 is 0 Å². The SMILES string of the molecule is Oc1ccccc1C(c1ccccc1)(c1ccccc1)c1ccccc1-c1cccc(-c2ccccc2)c1. The topological polar surface area (TPSA) is 20.2 Å². The quantitative estimate of drug-likeness (QED) is 0.232. The van der Waals surface area contributed by atoms with Gasteiger partial charge in [0.2, 0.25) is 0 Å². The van der Waals surface area contributed by atoms with Gasteiger partial charge in [0, 0.05) is 5.56 Å². The summed E-state index contributed by atoms with van der Waals surface area (Å²) >= 11 is 0. The van der Waals surface area contributed by atoms with E-state index in [0.717, 1.165) is 33.4 Å². The van der Waals surface area contributed by atoms with Crippen LogP contribution in [0.25, 0.3) is 22.3 Å². The molecule has 0 heterocycles. The van der Waals surface area contributed by atoms with Crippen LogP contribution in [0.4, 0.5) is 0 Å². The van der Waals surface area contributed by atoms with Crippen LogP contribution in [-0.4, -0.2) is 5.11 Å². The minimum Gasteiger partial charge on any atom is -0.508 e. The average Bonchev–Trinajstić information content (AvgIpc) is 3.00. The van der Waals surface area contributed by atoms with Crippen LogP contribution in [0.5, 0.6) is 5.75 Å². The van der Waals surface area contributed by atoms with Gasteiger partial charge in [-0.2, -0.15) is 0 Å². The lowest BCUT2D eigenvalue weighted by molar-refractivity contribution is 0.460. The monoisotopic (exact) mass is 488 g/mol. The molecule has 0 aliphatic rings. The van der Waals surface area contributed by atoms with Crippen LogP contribution in [0, 0.1) is 0 Å². The molecule has 1 heteroatoms. The molecule has 0 saturated carbocycles. The van der Waals surface area contributed by atoms with E-state index in [1.54, 1.807) is 6.07 Å². The smallest absolute Gasteiger partial charge is 0.120 e. The predicted octanol–water partition coefficient (Wildman–Crippen LogP) is 9.11. The molecule has 0 unspecified atom stereocenters. The third kappa shape index (κ3) is 4.09. The van der Waals surface area contributed by atoms with Crippen molar-refractivity contribution in [2.45, 2.75) is 5.41 Å². The fraction of sp³-hybridized carbons (Fsp3) is 0.0270. The summed E-state index contributed by atoms with van der Waals surface area (Å²) in [5.41, 5.74) is 8.03. The first kappa shape index (κ1) is 23.5. The number of rotatable bonds is 6. The standard InChI is InChI=1S/C37H28O/c38-36-26-13-12-25-35(36)37(31-19-6-2-7-20-31,32-21-8-3-9-22-32)34-24-11-10-23-33(34)30-18-14-17-29(27-30)28-15-4-1-5-16-28/h1-27,38H. The minimum atomic E-state index is -0.743. The zero-order valence-corrected chi connectivity index (χ0v) is 21.0. The molecular formula is C37H28O. The van der Waals surface area contributed by atoms with Crippen molar-refractivity contribution in [3.05, 3.63) is 186 Å². The molecular weight excluding hydrogens is 460 g/mol. The van der Waals surface area contributed by atoms with Gasteiger partial charge in [0.1, 0.15) is 5.75 Å². The molecule has 0 radical (unpaired) electrons. The van der Waals surface area contributed by atoms with Crippen molar-refractivity contribution < 1.29 is 5.11 Å². The van der Waals surface area contributed by atoms with E-state index in [2.05, 4.69) is 121 Å². The maximum Gasteiger partial charge on any atom is 0.120 e. The highest BCUT2D eigenvalue weighted by molar-refractivity contribution is 5.79. The molecule has 0 bridgehead atoms. The fourth-order valence-electron chi connectivity index (χ4n) is 5.66. The maximum absolute atomic E-state index is 11.4. The zero-order valence-electron chi connectivity index (χ0n) is 21.0. The van der Waals surface area contributed by atoms with Crippen molar-refractivity contribution in [3.8, 4) is 28.0 Å². The van der Waals surface area contributed by atoms with Crippen molar-refractivity contribution in [3.63, 3.8) is 0 Å². The van der Waals surface area contributed by atoms with Crippen LogP contribution in [0.3, 0.4) is 0 Å². The van der Waals surface area contributed by atoms with Gasteiger partial charge in [0.05, 0.1) is 5.41 Å². The molecule has 182 valence electrons. The second-order valence-electron chi connectivity index (χ2n) is 9.49. The van der Waals surface area contributed by atoms with Crippen molar-refractivity contribution in [1.82, 2.24) is 0 Å². The first-order valence-electron chi connectivity index (χ1n) is 12.9. The van der Waals surface area contributed by atoms with E-state index in [0.29, 0.717) is 0 Å². The highest BCUT2D eigenvalue weighted by atomic mass is 16.3. The number of para-hydroxylation sites is 1. The van der Waals surface area contributed by atoms with Crippen molar-refractivity contribution in [2.75, 3.05) is 0 Å². The Morgan fingerprint density at radius 3 is 1.47 bits per heavy atom. The molecule has 1 N–H and O–H groups in total. The summed E-state index contributed by atoms with van der Waals surface area (Å²) in [7, 11) is 0. The van der Waals surface area contributed by atoms with Gasteiger partial charge in [-0.05, 0) is 51.1 Å². The Morgan fingerprint density at radius 2 is 0.842 bits per heavy atom. The van der Waals surface area contributed by atoms with Crippen molar-refractivity contribution in [2.24, 2.45) is 0 Å². The van der Waals surface area contributed by atoms with Gasteiger partial charge >= 0.3 is 0 Å². The molecule has 0 fully saturated rings. The molecule has 0 saturated heterocycles. The molecule has 38 heavy (non-hydrogen) atoms. The van der Waals surface area contributed by atoms with Crippen molar-refractivity contribution >= 4 is 0 Å². The number of hydrogen-bond acceptors (Lipinski definition) is 1. The van der Waals surface area contributed by atoms with Crippen LogP contribution >= 0.6 is 0 Å². The second kappa shape index (κ2) is 10.2. The summed E-state index contributed by atoms with van der Waals surface area (Å²) in [6.45, 7) is 0. The lowest BCUT2D eigenvalue weighted by Crippen LogP contribution is -2.31. The van der Waals surface area contributed by atoms with Crippen molar-refractivity contribution in [1.29, 1.82) is 0 Å². The molecule has 0 aliphatic heterocycles. The van der Waals surface area contributed by atoms with Gasteiger partial charge in [-0.25, -0.2) is 0 Å². The Kier molecular flexibility index (Phi) is 6.34. The summed E-state index contributed by atoms with van der Waals surface area (Å²) in [6.07, 6.45) is 0. The molecule has 6 aromatic carbocycles. The number of phenols is 1. The molecule has 6 aromatic rings. The van der Waals surface area contributed by atoms with E-state index in [9.17, 15) is 5.11 Å². The maximum atomic E-state index is 11.4. The Morgan fingerprint density at radius 1 is 0.368 bits per heavy atom. The predicted molar refractivity (Wildman–Crippen MR) is 157 cm³/mol. The van der Waals surface area contributed by atoms with Crippen LogP contribution in [0.2, 0.25) is 0 Å². The normalized spacial score (nSPS) is 11.3. The molecule has 0 aliphatic carbocycles. The third-order valence-electron chi connectivity index (χ3n) is 7.33. The Hall–Kier alpha value is -4.88. The highest BCUT2D eigenvalue weighted by Crippen LogP contribution is 2.50. The van der Waals surface area contributed by atoms with E-state index in [1.807, 2.05) is 36.4 Å². The molecule has 6 rings (SSSR count). The van der Waals surface area contributed by atoms with Gasteiger partial charge in [-0.1, -0.05) is 152 Å². The zero-order chi connectivity index (χ0) is 25.8. The number of aromatic hydroxyl groups is 1. The Bertz CT molecular complexity index is 1610. The lowest BCUT2D eigenvalue weighted by Gasteiger charge is -2.38. The summed E-state index contributed by atoms with van der Waals surface area (Å²) in [6, 6.07) is 56.6. The summed E-state index contributed by atoms with van der Waals surface area (Å²) in [5, 5.41) is 11.4. The second-order valence-corrected chi connectivity index (χ2v) is 9.49. The molecule has 1 nitrogen and oxygen atoms in total. The first-order chi connectivity index (χ1) is 18.8. The van der Waals surface area contributed by atoms with E-state index in [-0.39, 0.29) is 5.75 Å². The van der Waals surface area contributed by atoms with Crippen LogP contribution in [0.1, 0.15) is 22.3 Å². The fourth-order valence-corrected chi connectivity index (χ4v) is 5.66. The first-order valence-corrected chi connectivity index (χ1v) is 12.9. The summed E-state index contributed by atoms with van der Waals surface area (Å²) < 4.78 is 0. The minimum absolute atomic E-state index is 0.271. The van der Waals surface area contributed by atoms with Gasteiger partial charge in [0.15, 0.2) is 0 Å². The van der Waals surface area contributed by atoms with Crippen LogP contribution < -0.4 is 0 Å². The highest BCUT2D eigenvalue weighted by Gasteiger charge is 2.41. The molecule has 0 spiro atoms. The summed E-state index contributed by atoms with van der Waals surface area (Å²) in [4.78, 5) is 0. The number of phenolic OH excluding ortho intramolecular Hbond substituents is 1. The van der Waals surface area contributed by atoms with E-state index < -0.39 is 5.41 Å². The third-order valence-corrected chi connectivity index (χ3v) is 7.33. The summed E-state index contributed by atoms with van der Waals surface area (Å²) in [5.74, 6) is 0.271. The van der Waals surface area contributed by atoms with Gasteiger partial charge in [-0.15, -0.1) is 0 Å². The van der Waals surface area contributed by atoms with Crippen LogP contribution in [0.15, 0.2) is 164 Å². The Balaban J connectivity index is 1.70. The van der Waals surface area contributed by atoms with E-state index in [4.69, 9.17) is 0 Å². The number of benzene rings is 6. The lowest BCUT2D eigenvalue weighted by atomic mass is 9.63. The largest absolute Gasteiger partial charge is 0.508 e. The van der Waals surface area contributed by atoms with Gasteiger partial charge in [-0.3, -0.25) is 0 Å². The average molecular weight is 489 g/mol. The van der Waals surface area contributed by atoms with Gasteiger partial charge in [0.25, 0.3) is 0 Å².